The molecule has 0 aromatic heterocycles. The molecule has 22 heavy (non-hydrogen) atoms. The summed E-state index contributed by atoms with van der Waals surface area (Å²) in [5.41, 5.74) is 0.795. The standard InChI is InChI=1S/C15H11BrClNO3S/c16-12-6-7-13(14(17)10-12)15(19)18-22(20,21)9-8-11-4-2-1-3-5-11/h1-10H,(H,18,19). The van der Waals surface area contributed by atoms with Gasteiger partial charge in [-0.3, -0.25) is 4.79 Å². The summed E-state index contributed by atoms with van der Waals surface area (Å²) >= 11 is 9.13. The zero-order valence-corrected chi connectivity index (χ0v) is 14.3. The maximum absolute atomic E-state index is 12.0. The Kier molecular flexibility index (Phi) is 5.39. The molecule has 0 fully saturated rings. The molecule has 0 bridgehead atoms. The predicted octanol–water partition coefficient (Wildman–Crippen LogP) is 3.83. The van der Waals surface area contributed by atoms with Crippen LogP contribution in [0.4, 0.5) is 0 Å². The second-order valence-electron chi connectivity index (χ2n) is 4.31. The Morgan fingerprint density at radius 2 is 1.82 bits per heavy atom. The van der Waals surface area contributed by atoms with Crippen LogP contribution in [0.1, 0.15) is 15.9 Å². The van der Waals surface area contributed by atoms with Gasteiger partial charge >= 0.3 is 0 Å². The van der Waals surface area contributed by atoms with Crippen LogP contribution in [0.15, 0.2) is 58.4 Å². The lowest BCUT2D eigenvalue weighted by molar-refractivity contribution is 0.0982. The zero-order chi connectivity index (χ0) is 16.2. The van der Waals surface area contributed by atoms with Gasteiger partial charge < -0.3 is 0 Å². The first kappa shape index (κ1) is 16.7. The summed E-state index contributed by atoms with van der Waals surface area (Å²) in [6.45, 7) is 0. The van der Waals surface area contributed by atoms with E-state index >= 15 is 0 Å². The number of nitrogens with one attached hydrogen (secondary N) is 1. The first-order valence-corrected chi connectivity index (χ1v) is 8.84. The van der Waals surface area contributed by atoms with Gasteiger partial charge in [-0.25, -0.2) is 13.1 Å². The third-order valence-corrected chi connectivity index (χ3v) is 4.42. The maximum atomic E-state index is 12.0. The normalized spacial score (nSPS) is 11.5. The summed E-state index contributed by atoms with van der Waals surface area (Å²) in [6, 6.07) is 13.5. The van der Waals surface area contributed by atoms with Crippen molar-refractivity contribution in [1.82, 2.24) is 4.72 Å². The van der Waals surface area contributed by atoms with E-state index in [2.05, 4.69) is 15.9 Å². The maximum Gasteiger partial charge on any atom is 0.266 e. The second kappa shape index (κ2) is 7.09. The van der Waals surface area contributed by atoms with Crippen molar-refractivity contribution in [3.63, 3.8) is 0 Å². The van der Waals surface area contributed by atoms with Crippen LogP contribution in [0.3, 0.4) is 0 Å². The van der Waals surface area contributed by atoms with Crippen LogP contribution in [0.2, 0.25) is 5.02 Å². The van der Waals surface area contributed by atoms with Gasteiger partial charge in [0.1, 0.15) is 0 Å². The monoisotopic (exact) mass is 399 g/mol. The molecule has 0 radical (unpaired) electrons. The highest BCUT2D eigenvalue weighted by Crippen LogP contribution is 2.21. The molecule has 7 heteroatoms. The molecule has 1 N–H and O–H groups in total. The molecule has 4 nitrogen and oxygen atoms in total. The van der Waals surface area contributed by atoms with Crippen LogP contribution in [0.5, 0.6) is 0 Å². The Labute approximate surface area is 142 Å². The number of benzene rings is 2. The summed E-state index contributed by atoms with van der Waals surface area (Å²) in [6.07, 6.45) is 1.40. The molecule has 1 amide bonds. The van der Waals surface area contributed by atoms with E-state index in [0.29, 0.717) is 10.0 Å². The summed E-state index contributed by atoms with van der Waals surface area (Å²) in [5.74, 6) is -0.782. The van der Waals surface area contributed by atoms with E-state index < -0.39 is 15.9 Å². The first-order chi connectivity index (χ1) is 10.4. The smallest absolute Gasteiger partial charge is 0.266 e. The van der Waals surface area contributed by atoms with Gasteiger partial charge in [0, 0.05) is 4.47 Å². The third kappa shape index (κ3) is 4.69. The van der Waals surface area contributed by atoms with E-state index in [-0.39, 0.29) is 10.6 Å². The molecule has 0 aliphatic rings. The first-order valence-electron chi connectivity index (χ1n) is 6.13. The molecule has 0 saturated heterocycles. The van der Waals surface area contributed by atoms with Crippen LogP contribution in [-0.2, 0) is 10.0 Å². The Balaban J connectivity index is 2.14. The van der Waals surface area contributed by atoms with E-state index in [1.165, 1.54) is 18.2 Å². The number of hydrogen-bond acceptors (Lipinski definition) is 3. The average molecular weight is 401 g/mol. The number of carbonyl (C=O) groups excluding carboxylic acids is 1. The topological polar surface area (TPSA) is 63.2 Å². The molecule has 114 valence electrons. The van der Waals surface area contributed by atoms with Crippen molar-refractivity contribution in [1.29, 1.82) is 0 Å². The largest absolute Gasteiger partial charge is 0.268 e. The number of hydrogen-bond donors (Lipinski definition) is 1. The molecule has 0 aliphatic heterocycles. The van der Waals surface area contributed by atoms with E-state index in [0.717, 1.165) is 5.41 Å². The third-order valence-electron chi connectivity index (χ3n) is 2.65. The highest BCUT2D eigenvalue weighted by atomic mass is 79.9. The van der Waals surface area contributed by atoms with Gasteiger partial charge in [0.25, 0.3) is 15.9 Å². The summed E-state index contributed by atoms with van der Waals surface area (Å²) < 4.78 is 26.4. The van der Waals surface area contributed by atoms with Crippen molar-refractivity contribution in [2.45, 2.75) is 0 Å². The fourth-order valence-electron chi connectivity index (χ4n) is 1.62. The molecule has 0 atom stereocenters. The Bertz CT molecular complexity index is 820. The van der Waals surface area contributed by atoms with Crippen LogP contribution >= 0.6 is 27.5 Å². The van der Waals surface area contributed by atoms with E-state index in [1.807, 2.05) is 10.8 Å². The van der Waals surface area contributed by atoms with Crippen molar-refractivity contribution in [3.8, 4) is 0 Å². The fourth-order valence-corrected chi connectivity index (χ4v) is 3.16. The Morgan fingerprint density at radius 3 is 2.45 bits per heavy atom. The Morgan fingerprint density at radius 1 is 1.14 bits per heavy atom. The fraction of sp³-hybridized carbons (Fsp3) is 0. The van der Waals surface area contributed by atoms with E-state index in [1.54, 1.807) is 30.3 Å². The summed E-state index contributed by atoms with van der Waals surface area (Å²) in [5, 5.41) is 1.10. The Hall–Kier alpha value is -1.63. The summed E-state index contributed by atoms with van der Waals surface area (Å²) in [7, 11) is -3.90. The molecule has 2 aromatic rings. The molecular weight excluding hydrogens is 390 g/mol. The van der Waals surface area contributed by atoms with Gasteiger partial charge in [-0.2, -0.15) is 0 Å². The second-order valence-corrected chi connectivity index (χ2v) is 7.20. The number of rotatable bonds is 4. The number of carbonyl (C=O) groups is 1. The molecule has 2 rings (SSSR count). The van der Waals surface area contributed by atoms with Crippen LogP contribution in [-0.4, -0.2) is 14.3 Å². The van der Waals surface area contributed by atoms with Gasteiger partial charge in [-0.1, -0.05) is 57.9 Å². The average Bonchev–Trinajstić information content (AvgIpc) is 2.45. The molecule has 0 heterocycles. The molecular formula is C15H11BrClNO3S. The minimum absolute atomic E-state index is 0.0848. The van der Waals surface area contributed by atoms with Gasteiger partial charge in [0.05, 0.1) is 16.0 Å². The van der Waals surface area contributed by atoms with E-state index in [9.17, 15) is 13.2 Å². The lowest BCUT2D eigenvalue weighted by Gasteiger charge is -2.05. The number of halogens is 2. The minimum Gasteiger partial charge on any atom is -0.268 e. The number of amides is 1. The molecule has 2 aromatic carbocycles. The van der Waals surface area contributed by atoms with Crippen molar-refractivity contribution in [3.05, 3.63) is 74.6 Å². The number of sulfonamides is 1. The minimum atomic E-state index is -3.90. The molecule has 0 saturated carbocycles. The quantitative estimate of drug-likeness (QED) is 0.848. The van der Waals surface area contributed by atoms with Gasteiger partial charge in [-0.05, 0) is 29.8 Å². The van der Waals surface area contributed by atoms with Crippen molar-refractivity contribution < 1.29 is 13.2 Å². The van der Waals surface area contributed by atoms with Gasteiger partial charge in [0.2, 0.25) is 0 Å². The summed E-state index contributed by atoms with van der Waals surface area (Å²) in [4.78, 5) is 12.0. The van der Waals surface area contributed by atoms with Gasteiger partial charge in [0.15, 0.2) is 0 Å². The highest BCUT2D eigenvalue weighted by molar-refractivity contribution is 9.10. The highest BCUT2D eigenvalue weighted by Gasteiger charge is 2.16. The predicted molar refractivity (Wildman–Crippen MR) is 91.0 cm³/mol. The van der Waals surface area contributed by atoms with E-state index in [4.69, 9.17) is 11.6 Å². The molecule has 0 aliphatic carbocycles. The van der Waals surface area contributed by atoms with Crippen molar-refractivity contribution in [2.24, 2.45) is 0 Å². The lowest BCUT2D eigenvalue weighted by Crippen LogP contribution is -2.29. The lowest BCUT2D eigenvalue weighted by atomic mass is 10.2. The SMILES string of the molecule is O=C(NS(=O)(=O)C=Cc1ccccc1)c1ccc(Br)cc1Cl. The van der Waals surface area contributed by atoms with Gasteiger partial charge in [-0.15, -0.1) is 0 Å². The van der Waals surface area contributed by atoms with Crippen LogP contribution in [0, 0.1) is 0 Å². The van der Waals surface area contributed by atoms with Crippen molar-refractivity contribution >= 4 is 49.5 Å². The van der Waals surface area contributed by atoms with Crippen molar-refractivity contribution in [2.75, 3.05) is 0 Å². The molecule has 0 spiro atoms. The van der Waals surface area contributed by atoms with Crippen LogP contribution < -0.4 is 4.72 Å². The van der Waals surface area contributed by atoms with Crippen LogP contribution in [0.25, 0.3) is 6.08 Å². The zero-order valence-electron chi connectivity index (χ0n) is 11.2. The molecule has 0 unspecified atom stereocenters.